The van der Waals surface area contributed by atoms with Crippen molar-refractivity contribution in [1.82, 2.24) is 9.80 Å². The van der Waals surface area contributed by atoms with Crippen molar-refractivity contribution in [3.05, 3.63) is 17.5 Å². The Morgan fingerprint density at radius 2 is 2.13 bits per heavy atom. The minimum absolute atomic E-state index is 1.15. The van der Waals surface area contributed by atoms with Crippen molar-refractivity contribution in [3.63, 3.8) is 0 Å². The molecule has 0 unspecified atom stereocenters. The van der Waals surface area contributed by atoms with Gasteiger partial charge >= 0.3 is 0 Å². The number of hydrogen-bond donors (Lipinski definition) is 0. The van der Waals surface area contributed by atoms with Crippen LogP contribution in [0.5, 0.6) is 0 Å². The number of likely N-dealkylation sites (tertiary alicyclic amines) is 1. The van der Waals surface area contributed by atoms with Crippen LogP contribution in [-0.4, -0.2) is 38.1 Å². The largest absolute Gasteiger partial charge is 0.298 e. The maximum atomic E-state index is 2.59. The first kappa shape index (κ1) is 11.1. The highest BCUT2D eigenvalue weighted by molar-refractivity contribution is 7.13. The van der Waals surface area contributed by atoms with Crippen LogP contribution in [0.3, 0.4) is 0 Å². The van der Waals surface area contributed by atoms with Crippen LogP contribution < -0.4 is 4.90 Å². The number of piperidine rings is 1. The SMILES string of the molecule is C[N+](CCN1CCCCC1)c1cccs1. The summed E-state index contributed by atoms with van der Waals surface area (Å²) in [7, 11) is 2.19. The van der Waals surface area contributed by atoms with Gasteiger partial charge in [-0.2, -0.15) is 0 Å². The summed E-state index contributed by atoms with van der Waals surface area (Å²) in [6, 6.07) is 4.32. The van der Waals surface area contributed by atoms with Gasteiger partial charge in [-0.15, -0.1) is 4.90 Å². The Labute approximate surface area is 96.5 Å². The molecule has 2 heterocycles. The maximum Gasteiger partial charge on any atom is 0.236 e. The van der Waals surface area contributed by atoms with Crippen LogP contribution in [-0.2, 0) is 0 Å². The summed E-state index contributed by atoms with van der Waals surface area (Å²) in [4.78, 5) is 4.95. The minimum Gasteiger partial charge on any atom is -0.298 e. The first-order valence-corrected chi connectivity index (χ1v) is 6.71. The number of rotatable bonds is 4. The number of likely N-dealkylation sites (N-methyl/N-ethyl adjacent to an activating group) is 1. The lowest BCUT2D eigenvalue weighted by molar-refractivity contribution is 0.225. The predicted octanol–water partition coefficient (Wildman–Crippen LogP) is 2.64. The summed E-state index contributed by atoms with van der Waals surface area (Å²) >= 11 is 1.83. The molecule has 1 saturated heterocycles. The van der Waals surface area contributed by atoms with Crippen molar-refractivity contribution in [2.75, 3.05) is 33.2 Å². The Bertz CT molecular complexity index is 265. The number of nitrogens with zero attached hydrogens (tertiary/aromatic N) is 2. The lowest BCUT2D eigenvalue weighted by Crippen LogP contribution is -2.36. The first-order chi connectivity index (χ1) is 7.36. The molecule has 0 aliphatic carbocycles. The molecule has 0 saturated carbocycles. The number of anilines is 1. The fraction of sp³-hybridized carbons (Fsp3) is 0.667. The molecule has 1 fully saturated rings. The van der Waals surface area contributed by atoms with Gasteiger partial charge in [0.05, 0.1) is 6.54 Å². The van der Waals surface area contributed by atoms with Crippen LogP contribution in [0, 0.1) is 0 Å². The van der Waals surface area contributed by atoms with Crippen LogP contribution in [0.2, 0.25) is 0 Å². The summed E-state index contributed by atoms with van der Waals surface area (Å²) in [6.07, 6.45) is 4.21. The van der Waals surface area contributed by atoms with Crippen molar-refractivity contribution < 1.29 is 0 Å². The smallest absolute Gasteiger partial charge is 0.236 e. The van der Waals surface area contributed by atoms with E-state index in [0.29, 0.717) is 0 Å². The van der Waals surface area contributed by atoms with Crippen molar-refractivity contribution >= 4 is 16.3 Å². The molecule has 3 heteroatoms. The second-order valence-electron chi connectivity index (χ2n) is 4.28. The van der Waals surface area contributed by atoms with Gasteiger partial charge in [0, 0.05) is 6.07 Å². The molecule has 1 aromatic rings. The van der Waals surface area contributed by atoms with E-state index >= 15 is 0 Å². The molecule has 2 nitrogen and oxygen atoms in total. The molecule has 83 valence electrons. The fourth-order valence-corrected chi connectivity index (χ4v) is 2.80. The first-order valence-electron chi connectivity index (χ1n) is 5.83. The third-order valence-corrected chi connectivity index (χ3v) is 4.07. The van der Waals surface area contributed by atoms with E-state index in [1.807, 2.05) is 11.3 Å². The van der Waals surface area contributed by atoms with Gasteiger partial charge < -0.3 is 0 Å². The standard InChI is InChI=1S/C12H20N2S/c1-13(12-6-5-11-15-12)9-10-14-7-3-2-4-8-14/h5-6,11H,2-4,7-10H2,1H3/q+1. The minimum atomic E-state index is 1.15. The van der Waals surface area contributed by atoms with Crippen LogP contribution in [0.25, 0.3) is 0 Å². The van der Waals surface area contributed by atoms with E-state index in [2.05, 4.69) is 34.4 Å². The van der Waals surface area contributed by atoms with E-state index in [1.165, 1.54) is 43.9 Å². The lowest BCUT2D eigenvalue weighted by atomic mass is 10.1. The Morgan fingerprint density at radius 3 is 2.80 bits per heavy atom. The average molecular weight is 224 g/mol. The summed E-state index contributed by atoms with van der Waals surface area (Å²) in [5, 5.41) is 3.53. The molecule has 1 aliphatic heterocycles. The zero-order valence-corrected chi connectivity index (χ0v) is 10.3. The molecule has 0 aromatic carbocycles. The van der Waals surface area contributed by atoms with E-state index in [9.17, 15) is 0 Å². The molecule has 1 radical (unpaired) electrons. The monoisotopic (exact) mass is 224 g/mol. The van der Waals surface area contributed by atoms with Crippen LogP contribution in [0.15, 0.2) is 17.5 Å². The Morgan fingerprint density at radius 1 is 1.33 bits per heavy atom. The van der Waals surface area contributed by atoms with Gasteiger partial charge in [-0.05, 0) is 37.4 Å². The summed E-state index contributed by atoms with van der Waals surface area (Å²) in [5.41, 5.74) is 0. The van der Waals surface area contributed by atoms with E-state index in [-0.39, 0.29) is 0 Å². The van der Waals surface area contributed by atoms with E-state index in [4.69, 9.17) is 0 Å². The maximum absolute atomic E-state index is 2.59. The van der Waals surface area contributed by atoms with E-state index in [1.54, 1.807) is 0 Å². The molecule has 0 amide bonds. The summed E-state index contributed by atoms with van der Waals surface area (Å²) in [6.45, 7) is 4.98. The van der Waals surface area contributed by atoms with Gasteiger partial charge in [0.2, 0.25) is 5.00 Å². The highest BCUT2D eigenvalue weighted by Crippen LogP contribution is 2.19. The molecular weight excluding hydrogens is 204 g/mol. The van der Waals surface area contributed by atoms with Gasteiger partial charge in [-0.3, -0.25) is 4.90 Å². The highest BCUT2D eigenvalue weighted by Gasteiger charge is 2.16. The third-order valence-electron chi connectivity index (χ3n) is 3.08. The van der Waals surface area contributed by atoms with Crippen molar-refractivity contribution in [3.8, 4) is 0 Å². The zero-order chi connectivity index (χ0) is 10.5. The van der Waals surface area contributed by atoms with Gasteiger partial charge in [-0.1, -0.05) is 17.8 Å². The van der Waals surface area contributed by atoms with Crippen molar-refractivity contribution in [2.45, 2.75) is 19.3 Å². The second kappa shape index (κ2) is 5.64. The Kier molecular flexibility index (Phi) is 4.18. The molecule has 0 atom stereocenters. The van der Waals surface area contributed by atoms with Crippen LogP contribution in [0.4, 0.5) is 5.00 Å². The van der Waals surface area contributed by atoms with Crippen LogP contribution >= 0.6 is 11.3 Å². The Hall–Kier alpha value is -0.380. The van der Waals surface area contributed by atoms with Crippen LogP contribution in [0.1, 0.15) is 19.3 Å². The Balaban J connectivity index is 1.73. The molecular formula is C12H20N2S+. The predicted molar refractivity (Wildman–Crippen MR) is 67.2 cm³/mol. The quantitative estimate of drug-likeness (QED) is 0.714. The van der Waals surface area contributed by atoms with Gasteiger partial charge in [0.1, 0.15) is 13.6 Å². The summed E-state index contributed by atoms with van der Waals surface area (Å²) < 4.78 is 0. The normalized spacial score (nSPS) is 18.5. The molecule has 0 spiro atoms. The molecule has 1 aliphatic rings. The average Bonchev–Trinajstić information content (AvgIpc) is 2.81. The van der Waals surface area contributed by atoms with Gasteiger partial charge in [-0.25, -0.2) is 0 Å². The lowest BCUT2D eigenvalue weighted by Gasteiger charge is -2.25. The van der Waals surface area contributed by atoms with Crippen molar-refractivity contribution in [1.29, 1.82) is 0 Å². The molecule has 15 heavy (non-hydrogen) atoms. The van der Waals surface area contributed by atoms with Gasteiger partial charge in [0.15, 0.2) is 0 Å². The van der Waals surface area contributed by atoms with Gasteiger partial charge in [0.25, 0.3) is 0 Å². The number of thiophene rings is 1. The fourth-order valence-electron chi connectivity index (χ4n) is 2.07. The molecule has 0 bridgehead atoms. The molecule has 0 N–H and O–H groups in total. The molecule has 1 aromatic heterocycles. The third kappa shape index (κ3) is 3.30. The molecule has 2 rings (SSSR count). The zero-order valence-electron chi connectivity index (χ0n) is 9.48. The van der Waals surface area contributed by atoms with E-state index < -0.39 is 0 Å². The van der Waals surface area contributed by atoms with E-state index in [0.717, 1.165) is 6.54 Å². The number of hydrogen-bond acceptors (Lipinski definition) is 3. The summed E-state index contributed by atoms with van der Waals surface area (Å²) in [5.74, 6) is 0. The second-order valence-corrected chi connectivity index (χ2v) is 5.20. The topological polar surface area (TPSA) is 9.14 Å². The van der Waals surface area contributed by atoms with Crippen molar-refractivity contribution in [2.24, 2.45) is 0 Å². The highest BCUT2D eigenvalue weighted by atomic mass is 32.1.